The zero-order valence-corrected chi connectivity index (χ0v) is 10.2. The fraction of sp³-hybridized carbons (Fsp3) is 0.636. The lowest BCUT2D eigenvalue weighted by Crippen LogP contribution is -2.28. The number of hydrogen-bond acceptors (Lipinski definition) is 4. The molecule has 5 nitrogen and oxygen atoms in total. The van der Waals surface area contributed by atoms with Crippen LogP contribution in [0.3, 0.4) is 0 Å². The molecule has 0 saturated heterocycles. The van der Waals surface area contributed by atoms with E-state index in [1.165, 1.54) is 6.20 Å². The molecule has 0 aliphatic heterocycles. The molecule has 0 fully saturated rings. The molecule has 0 bridgehead atoms. The van der Waals surface area contributed by atoms with Crippen LogP contribution in [0.2, 0.25) is 0 Å². The van der Waals surface area contributed by atoms with E-state index in [9.17, 15) is 4.79 Å². The number of nitrogens with one attached hydrogen (secondary N) is 2. The summed E-state index contributed by atoms with van der Waals surface area (Å²) in [5.74, 6) is 0.398. The third-order valence-electron chi connectivity index (χ3n) is 2.57. The summed E-state index contributed by atoms with van der Waals surface area (Å²) in [7, 11) is 2.10. The van der Waals surface area contributed by atoms with Gasteiger partial charge in [0.05, 0.1) is 0 Å². The van der Waals surface area contributed by atoms with Crippen LogP contribution in [0.25, 0.3) is 0 Å². The molecule has 2 N–H and O–H groups in total. The fourth-order valence-corrected chi connectivity index (χ4v) is 1.27. The van der Waals surface area contributed by atoms with Gasteiger partial charge in [-0.05, 0) is 33.9 Å². The van der Waals surface area contributed by atoms with Gasteiger partial charge in [0.1, 0.15) is 0 Å². The molecule has 0 unspecified atom stereocenters. The molecule has 0 saturated carbocycles. The van der Waals surface area contributed by atoms with Crippen LogP contribution in [-0.2, 0) is 0 Å². The van der Waals surface area contributed by atoms with E-state index in [0.29, 0.717) is 11.9 Å². The summed E-state index contributed by atoms with van der Waals surface area (Å²) in [5.41, 5.74) is -0.167. The minimum atomic E-state index is -0.167. The summed E-state index contributed by atoms with van der Waals surface area (Å²) in [4.78, 5) is 20.1. The molecule has 0 radical (unpaired) electrons. The highest BCUT2D eigenvalue weighted by molar-refractivity contribution is 5.29. The summed E-state index contributed by atoms with van der Waals surface area (Å²) < 4.78 is 0. The maximum Gasteiger partial charge on any atom is 0.290 e. The van der Waals surface area contributed by atoms with Crippen molar-refractivity contribution in [2.75, 3.05) is 25.5 Å². The van der Waals surface area contributed by atoms with Gasteiger partial charge in [0, 0.05) is 25.0 Å². The van der Waals surface area contributed by atoms with Gasteiger partial charge in [-0.3, -0.25) is 4.79 Å². The topological polar surface area (TPSA) is 61.0 Å². The van der Waals surface area contributed by atoms with Crippen molar-refractivity contribution in [3.05, 3.63) is 22.7 Å². The van der Waals surface area contributed by atoms with Gasteiger partial charge >= 0.3 is 0 Å². The maximum absolute atomic E-state index is 11.3. The minimum Gasteiger partial charge on any atom is -0.365 e. The van der Waals surface area contributed by atoms with Crippen LogP contribution < -0.4 is 10.9 Å². The number of H-pyrrole nitrogens is 1. The third kappa shape index (κ3) is 4.02. The smallest absolute Gasteiger partial charge is 0.290 e. The first-order valence-corrected chi connectivity index (χ1v) is 5.59. The van der Waals surface area contributed by atoms with Crippen molar-refractivity contribution in [2.24, 2.45) is 0 Å². The van der Waals surface area contributed by atoms with E-state index < -0.39 is 0 Å². The zero-order valence-electron chi connectivity index (χ0n) is 10.2. The lowest BCUT2D eigenvalue weighted by molar-refractivity contribution is 0.273. The molecule has 0 spiro atoms. The second-order valence-electron chi connectivity index (χ2n) is 4.12. The SMILES string of the molecule is CC(C)N(C)CCCNc1ncc[nH]c1=O. The quantitative estimate of drug-likeness (QED) is 0.705. The Bertz CT molecular complexity index is 361. The average molecular weight is 224 g/mol. The predicted molar refractivity (Wildman–Crippen MR) is 65.7 cm³/mol. The molecule has 90 valence electrons. The fourth-order valence-electron chi connectivity index (χ4n) is 1.27. The number of aromatic nitrogens is 2. The van der Waals surface area contributed by atoms with Crippen molar-refractivity contribution < 1.29 is 0 Å². The molecular weight excluding hydrogens is 204 g/mol. The molecule has 0 atom stereocenters. The van der Waals surface area contributed by atoms with Crippen LogP contribution in [0.1, 0.15) is 20.3 Å². The standard InChI is InChI=1S/C11H20N4O/c1-9(2)15(3)8-4-5-12-10-11(16)14-7-6-13-10/h6-7,9H,4-5,8H2,1-3H3,(H,12,13)(H,14,16). The van der Waals surface area contributed by atoms with Crippen LogP contribution in [0, 0.1) is 0 Å². The number of nitrogens with zero attached hydrogens (tertiary/aromatic N) is 2. The van der Waals surface area contributed by atoms with Gasteiger partial charge in [-0.25, -0.2) is 4.98 Å². The molecule has 0 amide bonds. The highest BCUT2D eigenvalue weighted by Crippen LogP contribution is 1.96. The van der Waals surface area contributed by atoms with E-state index in [2.05, 4.69) is 41.1 Å². The number of aromatic amines is 1. The highest BCUT2D eigenvalue weighted by atomic mass is 16.1. The zero-order chi connectivity index (χ0) is 12.0. The first-order chi connectivity index (χ1) is 7.61. The maximum atomic E-state index is 11.3. The molecule has 0 aromatic carbocycles. The summed E-state index contributed by atoms with van der Waals surface area (Å²) >= 11 is 0. The molecule has 1 rings (SSSR count). The molecule has 1 aromatic heterocycles. The molecular formula is C11H20N4O. The number of anilines is 1. The Morgan fingerprint density at radius 1 is 1.56 bits per heavy atom. The summed E-state index contributed by atoms with van der Waals surface area (Å²) in [6.07, 6.45) is 4.09. The molecule has 0 aliphatic carbocycles. The molecule has 16 heavy (non-hydrogen) atoms. The molecule has 0 aliphatic rings. The van der Waals surface area contributed by atoms with E-state index >= 15 is 0 Å². The summed E-state index contributed by atoms with van der Waals surface area (Å²) in [6.45, 7) is 6.10. The van der Waals surface area contributed by atoms with Gasteiger partial charge < -0.3 is 15.2 Å². The van der Waals surface area contributed by atoms with Gasteiger partial charge in [0.25, 0.3) is 5.56 Å². The van der Waals surface area contributed by atoms with Crippen molar-refractivity contribution in [3.8, 4) is 0 Å². The van der Waals surface area contributed by atoms with Crippen molar-refractivity contribution in [3.63, 3.8) is 0 Å². The Morgan fingerprint density at radius 3 is 2.94 bits per heavy atom. The van der Waals surface area contributed by atoms with Crippen LogP contribution in [0.4, 0.5) is 5.82 Å². The first-order valence-electron chi connectivity index (χ1n) is 5.59. The van der Waals surface area contributed by atoms with Gasteiger partial charge in [-0.15, -0.1) is 0 Å². The second-order valence-corrected chi connectivity index (χ2v) is 4.12. The monoisotopic (exact) mass is 224 g/mol. The first kappa shape index (κ1) is 12.7. The van der Waals surface area contributed by atoms with E-state index in [0.717, 1.165) is 19.5 Å². The van der Waals surface area contributed by atoms with Gasteiger partial charge in [0.2, 0.25) is 0 Å². The lowest BCUT2D eigenvalue weighted by atomic mass is 10.3. The Labute approximate surface area is 95.9 Å². The minimum absolute atomic E-state index is 0.167. The van der Waals surface area contributed by atoms with E-state index in [1.54, 1.807) is 6.20 Å². The normalized spacial score (nSPS) is 11.1. The van der Waals surface area contributed by atoms with E-state index in [4.69, 9.17) is 0 Å². The van der Waals surface area contributed by atoms with Crippen LogP contribution >= 0.6 is 0 Å². The Kier molecular flexibility index (Phi) is 4.98. The lowest BCUT2D eigenvalue weighted by Gasteiger charge is -2.20. The van der Waals surface area contributed by atoms with Crippen LogP contribution in [0.5, 0.6) is 0 Å². The van der Waals surface area contributed by atoms with E-state index in [-0.39, 0.29) is 5.56 Å². The van der Waals surface area contributed by atoms with Gasteiger partial charge in [-0.2, -0.15) is 0 Å². The average Bonchev–Trinajstić information content (AvgIpc) is 2.26. The van der Waals surface area contributed by atoms with Crippen molar-refractivity contribution >= 4 is 5.82 Å². The second kappa shape index (κ2) is 6.27. The highest BCUT2D eigenvalue weighted by Gasteiger charge is 2.02. The Balaban J connectivity index is 2.27. The Hall–Kier alpha value is -1.36. The van der Waals surface area contributed by atoms with Crippen LogP contribution in [-0.4, -0.2) is 41.0 Å². The largest absolute Gasteiger partial charge is 0.365 e. The number of hydrogen-bond donors (Lipinski definition) is 2. The van der Waals surface area contributed by atoms with Gasteiger partial charge in [-0.1, -0.05) is 0 Å². The van der Waals surface area contributed by atoms with Gasteiger partial charge in [0.15, 0.2) is 5.82 Å². The molecule has 5 heteroatoms. The predicted octanol–water partition coefficient (Wildman–Crippen LogP) is 0.912. The summed E-state index contributed by atoms with van der Waals surface area (Å²) in [6, 6.07) is 0.554. The Morgan fingerprint density at radius 2 is 2.31 bits per heavy atom. The third-order valence-corrected chi connectivity index (χ3v) is 2.57. The molecule has 1 aromatic rings. The summed E-state index contributed by atoms with van der Waals surface area (Å²) in [5, 5.41) is 3.03. The van der Waals surface area contributed by atoms with E-state index in [1.807, 2.05) is 0 Å². The van der Waals surface area contributed by atoms with Crippen molar-refractivity contribution in [1.29, 1.82) is 0 Å². The number of rotatable bonds is 6. The van der Waals surface area contributed by atoms with Crippen molar-refractivity contribution in [2.45, 2.75) is 26.3 Å². The van der Waals surface area contributed by atoms with Crippen molar-refractivity contribution in [1.82, 2.24) is 14.9 Å². The molecule has 1 heterocycles. The van der Waals surface area contributed by atoms with Crippen LogP contribution in [0.15, 0.2) is 17.2 Å².